The van der Waals surface area contributed by atoms with E-state index >= 15 is 0 Å². The molecule has 0 bridgehead atoms. The fourth-order valence-electron chi connectivity index (χ4n) is 4.27. The number of aryl methyl sites for hydroxylation is 1. The van der Waals surface area contributed by atoms with Gasteiger partial charge in [-0.2, -0.15) is 5.26 Å². The third-order valence-electron chi connectivity index (χ3n) is 5.91. The molecule has 0 radical (unpaired) electrons. The van der Waals surface area contributed by atoms with Crippen LogP contribution in [0.5, 0.6) is 5.75 Å². The summed E-state index contributed by atoms with van der Waals surface area (Å²) in [7, 11) is 1.60. The molecule has 4 rings (SSSR count). The molecule has 2 aromatic carbocycles. The van der Waals surface area contributed by atoms with Crippen LogP contribution >= 0.6 is 0 Å². The molecule has 1 atom stereocenters. The number of fused-ring (bicyclic) bond motifs is 2. The number of aromatic nitrogens is 2. The molecule has 0 amide bonds. The van der Waals surface area contributed by atoms with Crippen LogP contribution in [0.25, 0.3) is 21.8 Å². The predicted molar refractivity (Wildman–Crippen MR) is 116 cm³/mol. The lowest BCUT2D eigenvalue weighted by Crippen LogP contribution is -2.32. The second-order valence-corrected chi connectivity index (χ2v) is 8.17. The Hall–Kier alpha value is -3.72. The Labute approximate surface area is 174 Å². The van der Waals surface area contributed by atoms with Gasteiger partial charge in [-0.3, -0.25) is 4.79 Å². The van der Waals surface area contributed by atoms with Gasteiger partial charge in [0, 0.05) is 45.2 Å². The molecule has 0 aliphatic heterocycles. The number of aromatic amines is 2. The van der Waals surface area contributed by atoms with Gasteiger partial charge in [0.05, 0.1) is 24.2 Å². The molecular formula is C24H23N3O3. The number of nitrogens with zero attached hydrogens (tertiary/aromatic N) is 1. The summed E-state index contributed by atoms with van der Waals surface area (Å²) in [5.41, 5.74) is 3.84. The molecule has 0 spiro atoms. The summed E-state index contributed by atoms with van der Waals surface area (Å²) < 4.78 is 5.73. The maximum absolute atomic E-state index is 12.4. The van der Waals surface area contributed by atoms with E-state index in [9.17, 15) is 15.2 Å². The SMILES string of the molecule is COc1cc(C)c2[nH]ccc2c1C(c1cc2cc(C#N)ccc2[nH]1)C(C)(C)C(=O)O. The van der Waals surface area contributed by atoms with Crippen molar-refractivity contribution in [2.75, 3.05) is 7.11 Å². The molecule has 1 unspecified atom stereocenters. The van der Waals surface area contributed by atoms with Gasteiger partial charge in [0.1, 0.15) is 5.75 Å². The standard InChI is InChI=1S/C24H23N3O3/c1-13-9-19(30-4)20(16-7-8-26-22(13)16)21(24(2,3)23(28)29)18-11-15-10-14(12-25)5-6-17(15)27-18/h5-11,21,26-27H,1-4H3,(H,28,29). The van der Waals surface area contributed by atoms with Crippen LogP contribution in [0.15, 0.2) is 42.6 Å². The summed E-state index contributed by atoms with van der Waals surface area (Å²) >= 11 is 0. The van der Waals surface area contributed by atoms with E-state index in [1.807, 2.05) is 37.4 Å². The number of carboxylic acids is 1. The fraction of sp³-hybridized carbons (Fsp3) is 0.250. The van der Waals surface area contributed by atoms with Crippen LogP contribution in [0.2, 0.25) is 0 Å². The molecule has 0 saturated heterocycles. The highest BCUT2D eigenvalue weighted by atomic mass is 16.5. The van der Waals surface area contributed by atoms with Crippen molar-refractivity contribution in [3.63, 3.8) is 0 Å². The van der Waals surface area contributed by atoms with Crippen molar-refractivity contribution in [1.29, 1.82) is 5.26 Å². The lowest BCUT2D eigenvalue weighted by atomic mass is 9.71. The molecule has 2 aromatic heterocycles. The minimum absolute atomic E-state index is 0.512. The minimum Gasteiger partial charge on any atom is -0.496 e. The van der Waals surface area contributed by atoms with Crippen molar-refractivity contribution >= 4 is 27.8 Å². The molecule has 3 N–H and O–H groups in total. The summed E-state index contributed by atoms with van der Waals surface area (Å²) in [4.78, 5) is 19.0. The zero-order valence-electron chi connectivity index (χ0n) is 17.3. The highest BCUT2D eigenvalue weighted by Gasteiger charge is 2.42. The number of methoxy groups -OCH3 is 1. The van der Waals surface area contributed by atoms with Crippen LogP contribution < -0.4 is 4.74 Å². The van der Waals surface area contributed by atoms with Crippen molar-refractivity contribution in [3.05, 3.63) is 65.0 Å². The highest BCUT2D eigenvalue weighted by Crippen LogP contribution is 2.48. The Balaban J connectivity index is 2.06. The Morgan fingerprint density at radius 2 is 2.00 bits per heavy atom. The molecule has 0 aliphatic carbocycles. The first-order chi connectivity index (χ1) is 14.3. The number of H-pyrrole nitrogens is 2. The maximum atomic E-state index is 12.4. The molecule has 6 nitrogen and oxygen atoms in total. The van der Waals surface area contributed by atoms with Crippen LogP contribution in [0.1, 0.15) is 42.1 Å². The van der Waals surface area contributed by atoms with Crippen molar-refractivity contribution in [2.45, 2.75) is 26.7 Å². The molecule has 30 heavy (non-hydrogen) atoms. The van der Waals surface area contributed by atoms with Gasteiger partial charge in [-0.25, -0.2) is 0 Å². The van der Waals surface area contributed by atoms with Crippen molar-refractivity contribution in [2.24, 2.45) is 5.41 Å². The lowest BCUT2D eigenvalue weighted by molar-refractivity contribution is -0.147. The van der Waals surface area contributed by atoms with Gasteiger partial charge in [0.2, 0.25) is 0 Å². The first-order valence-electron chi connectivity index (χ1n) is 9.68. The quantitative estimate of drug-likeness (QED) is 0.434. The van der Waals surface area contributed by atoms with Crippen LogP contribution in [0.3, 0.4) is 0 Å². The molecular weight excluding hydrogens is 378 g/mol. The smallest absolute Gasteiger partial charge is 0.310 e. The number of aliphatic carboxylic acids is 1. The number of hydrogen-bond acceptors (Lipinski definition) is 3. The van der Waals surface area contributed by atoms with E-state index < -0.39 is 17.3 Å². The Bertz CT molecular complexity index is 1320. The van der Waals surface area contributed by atoms with E-state index in [0.29, 0.717) is 11.3 Å². The Morgan fingerprint density at radius 1 is 1.23 bits per heavy atom. The van der Waals surface area contributed by atoms with Crippen LogP contribution in [0, 0.1) is 23.7 Å². The van der Waals surface area contributed by atoms with Crippen molar-refractivity contribution < 1.29 is 14.6 Å². The third-order valence-corrected chi connectivity index (χ3v) is 5.91. The maximum Gasteiger partial charge on any atom is 0.310 e. The predicted octanol–water partition coefficient (Wildman–Crippen LogP) is 5.08. The number of benzene rings is 2. The molecule has 0 aliphatic rings. The highest BCUT2D eigenvalue weighted by molar-refractivity contribution is 5.91. The van der Waals surface area contributed by atoms with Crippen LogP contribution in [0.4, 0.5) is 0 Å². The number of ether oxygens (including phenoxy) is 1. The molecule has 152 valence electrons. The van der Waals surface area contributed by atoms with Crippen LogP contribution in [-0.4, -0.2) is 28.2 Å². The topological polar surface area (TPSA) is 102 Å². The number of carbonyl (C=O) groups is 1. The lowest BCUT2D eigenvalue weighted by Gasteiger charge is -2.32. The fourth-order valence-corrected chi connectivity index (χ4v) is 4.27. The second-order valence-electron chi connectivity index (χ2n) is 8.17. The Morgan fingerprint density at radius 3 is 2.67 bits per heavy atom. The van der Waals surface area contributed by atoms with Gasteiger partial charge in [-0.05, 0) is 62.7 Å². The molecule has 0 fully saturated rings. The Kier molecular flexibility index (Phi) is 4.54. The average molecular weight is 401 g/mol. The molecule has 4 aromatic rings. The van der Waals surface area contributed by atoms with Gasteiger partial charge in [0.25, 0.3) is 0 Å². The number of hydrogen-bond donors (Lipinski definition) is 3. The van der Waals surface area contributed by atoms with Gasteiger partial charge in [-0.15, -0.1) is 0 Å². The molecule has 0 saturated carbocycles. The molecule has 6 heteroatoms. The second kappa shape index (κ2) is 6.96. The monoisotopic (exact) mass is 401 g/mol. The van der Waals surface area contributed by atoms with Gasteiger partial charge in [-0.1, -0.05) is 0 Å². The first-order valence-corrected chi connectivity index (χ1v) is 9.68. The van der Waals surface area contributed by atoms with Crippen molar-refractivity contribution in [3.8, 4) is 11.8 Å². The van der Waals surface area contributed by atoms with E-state index in [2.05, 4.69) is 16.0 Å². The number of nitriles is 1. The summed E-state index contributed by atoms with van der Waals surface area (Å²) in [6, 6.07) is 13.4. The van der Waals surface area contributed by atoms with Gasteiger partial charge < -0.3 is 19.8 Å². The number of carboxylic acid groups (broad SMARTS) is 1. The van der Waals surface area contributed by atoms with Gasteiger partial charge in [0.15, 0.2) is 0 Å². The number of nitrogens with one attached hydrogen (secondary N) is 2. The zero-order valence-corrected chi connectivity index (χ0v) is 17.3. The average Bonchev–Trinajstić information content (AvgIpc) is 3.36. The summed E-state index contributed by atoms with van der Waals surface area (Å²) in [6.07, 6.45) is 1.86. The largest absolute Gasteiger partial charge is 0.496 e. The number of rotatable bonds is 5. The van der Waals surface area contributed by atoms with E-state index in [0.717, 1.165) is 38.6 Å². The van der Waals surface area contributed by atoms with E-state index in [4.69, 9.17) is 4.74 Å². The van der Waals surface area contributed by atoms with E-state index in [-0.39, 0.29) is 0 Å². The summed E-state index contributed by atoms with van der Waals surface area (Å²) in [5.74, 6) is -0.771. The zero-order chi connectivity index (χ0) is 21.6. The summed E-state index contributed by atoms with van der Waals surface area (Å²) in [6.45, 7) is 5.45. The van der Waals surface area contributed by atoms with Crippen molar-refractivity contribution in [1.82, 2.24) is 9.97 Å². The minimum atomic E-state index is -1.13. The van der Waals surface area contributed by atoms with E-state index in [1.54, 1.807) is 33.1 Å². The first kappa shape index (κ1) is 19.6. The molecule has 2 heterocycles. The van der Waals surface area contributed by atoms with E-state index in [1.165, 1.54) is 0 Å². The normalized spacial score (nSPS) is 12.8. The third kappa shape index (κ3) is 2.91. The van der Waals surface area contributed by atoms with Gasteiger partial charge >= 0.3 is 5.97 Å². The van der Waals surface area contributed by atoms with Crippen LogP contribution in [-0.2, 0) is 4.79 Å². The summed E-state index contributed by atoms with van der Waals surface area (Å²) in [5, 5.41) is 21.2.